The van der Waals surface area contributed by atoms with Gasteiger partial charge < -0.3 is 5.32 Å². The molecule has 0 fully saturated rings. The summed E-state index contributed by atoms with van der Waals surface area (Å²) in [6.07, 6.45) is 3.94. The van der Waals surface area contributed by atoms with Gasteiger partial charge in [0.2, 0.25) is 5.91 Å². The highest BCUT2D eigenvalue weighted by Crippen LogP contribution is 2.36. The van der Waals surface area contributed by atoms with E-state index in [4.69, 9.17) is 4.98 Å². The molecular formula is C23H26FN3O2S2. The van der Waals surface area contributed by atoms with Gasteiger partial charge in [-0.05, 0) is 71.1 Å². The van der Waals surface area contributed by atoms with Gasteiger partial charge in [-0.25, -0.2) is 9.37 Å². The molecule has 1 aliphatic rings. The van der Waals surface area contributed by atoms with Gasteiger partial charge in [0.05, 0.1) is 16.3 Å². The lowest BCUT2D eigenvalue weighted by Crippen LogP contribution is -2.44. The molecule has 2 heterocycles. The molecule has 4 rings (SSSR count). The van der Waals surface area contributed by atoms with Crippen molar-refractivity contribution < 1.29 is 9.18 Å². The van der Waals surface area contributed by atoms with Crippen LogP contribution in [0.1, 0.15) is 51.0 Å². The number of fused-ring (bicyclic) bond motifs is 3. The molecular weight excluding hydrogens is 433 g/mol. The quantitative estimate of drug-likeness (QED) is 0.447. The average Bonchev–Trinajstić information content (AvgIpc) is 3.06. The van der Waals surface area contributed by atoms with Crippen LogP contribution in [0.25, 0.3) is 15.9 Å². The van der Waals surface area contributed by atoms with Crippen molar-refractivity contribution in [2.75, 3.05) is 0 Å². The summed E-state index contributed by atoms with van der Waals surface area (Å²) >= 11 is 2.73. The van der Waals surface area contributed by atoms with E-state index in [9.17, 15) is 14.0 Å². The molecule has 5 nitrogen and oxygen atoms in total. The Kier molecular flexibility index (Phi) is 5.96. The molecule has 0 aliphatic heterocycles. The van der Waals surface area contributed by atoms with E-state index >= 15 is 0 Å². The lowest BCUT2D eigenvalue weighted by Gasteiger charge is -2.23. The van der Waals surface area contributed by atoms with E-state index in [1.54, 1.807) is 36.5 Å². The zero-order chi connectivity index (χ0) is 22.3. The standard InChI is InChI=1S/C23H26FN3O2S2/c1-13(19(28)26-23(2,3)4)30-22-25-20-18(14-9-5-8-12-17(14)31-20)21(29)27(22)16-11-7-6-10-15(16)24/h6-7,10-11,13H,5,8-9,12H2,1-4H3,(H,26,28). The van der Waals surface area contributed by atoms with E-state index in [0.717, 1.165) is 31.2 Å². The Balaban J connectivity index is 1.87. The Morgan fingerprint density at radius 1 is 1.26 bits per heavy atom. The molecule has 0 saturated heterocycles. The topological polar surface area (TPSA) is 64.0 Å². The number of para-hydroxylation sites is 1. The average molecular weight is 460 g/mol. The first-order valence-electron chi connectivity index (χ1n) is 10.5. The van der Waals surface area contributed by atoms with Crippen LogP contribution in [0.3, 0.4) is 0 Å². The molecule has 1 amide bonds. The minimum atomic E-state index is -0.504. The molecule has 31 heavy (non-hydrogen) atoms. The van der Waals surface area contributed by atoms with Crippen LogP contribution in [0.15, 0.2) is 34.2 Å². The maximum Gasteiger partial charge on any atom is 0.267 e. The van der Waals surface area contributed by atoms with Crippen molar-refractivity contribution in [3.63, 3.8) is 0 Å². The van der Waals surface area contributed by atoms with Crippen LogP contribution >= 0.6 is 23.1 Å². The predicted octanol–water partition coefficient (Wildman–Crippen LogP) is 4.86. The van der Waals surface area contributed by atoms with Crippen molar-refractivity contribution in [3.8, 4) is 5.69 Å². The molecule has 0 radical (unpaired) electrons. The molecule has 2 aromatic heterocycles. The maximum absolute atomic E-state index is 14.7. The Hall–Kier alpha value is -2.19. The minimum Gasteiger partial charge on any atom is -0.351 e. The zero-order valence-corrected chi connectivity index (χ0v) is 19.8. The second-order valence-electron chi connectivity index (χ2n) is 8.88. The van der Waals surface area contributed by atoms with Crippen LogP contribution in [0.2, 0.25) is 0 Å². The van der Waals surface area contributed by atoms with E-state index in [0.29, 0.717) is 15.4 Å². The number of nitrogens with zero attached hydrogens (tertiary/aromatic N) is 2. The van der Waals surface area contributed by atoms with Crippen molar-refractivity contribution in [1.82, 2.24) is 14.9 Å². The number of rotatable bonds is 4. The Morgan fingerprint density at radius 3 is 2.68 bits per heavy atom. The van der Waals surface area contributed by atoms with Gasteiger partial charge in [0, 0.05) is 10.4 Å². The van der Waals surface area contributed by atoms with Gasteiger partial charge in [-0.3, -0.25) is 14.2 Å². The van der Waals surface area contributed by atoms with Gasteiger partial charge in [0.25, 0.3) is 5.56 Å². The first-order valence-corrected chi connectivity index (χ1v) is 12.2. The van der Waals surface area contributed by atoms with Gasteiger partial charge in [0.1, 0.15) is 10.6 Å². The van der Waals surface area contributed by atoms with Crippen molar-refractivity contribution in [1.29, 1.82) is 0 Å². The summed E-state index contributed by atoms with van der Waals surface area (Å²) in [6, 6.07) is 6.20. The summed E-state index contributed by atoms with van der Waals surface area (Å²) in [5.41, 5.74) is 0.578. The van der Waals surface area contributed by atoms with E-state index in [1.807, 2.05) is 20.8 Å². The number of carbonyl (C=O) groups is 1. The highest BCUT2D eigenvalue weighted by atomic mass is 32.2. The second-order valence-corrected chi connectivity index (χ2v) is 11.3. The molecule has 3 aromatic rings. The summed E-state index contributed by atoms with van der Waals surface area (Å²) < 4.78 is 16.1. The fraction of sp³-hybridized carbons (Fsp3) is 0.435. The SMILES string of the molecule is CC(Sc1nc2sc3c(c2c(=O)n1-c1ccccc1F)CCCC3)C(=O)NC(C)(C)C. The first kappa shape index (κ1) is 22.0. The molecule has 8 heteroatoms. The van der Waals surface area contributed by atoms with Crippen LogP contribution in [-0.2, 0) is 17.6 Å². The highest BCUT2D eigenvalue weighted by Gasteiger charge is 2.27. The lowest BCUT2D eigenvalue weighted by atomic mass is 9.97. The van der Waals surface area contributed by atoms with Crippen LogP contribution in [0.5, 0.6) is 0 Å². The molecule has 164 valence electrons. The van der Waals surface area contributed by atoms with Crippen molar-refractivity contribution >= 4 is 39.2 Å². The maximum atomic E-state index is 14.7. The molecule has 1 aliphatic carbocycles. The van der Waals surface area contributed by atoms with Crippen LogP contribution < -0.4 is 10.9 Å². The number of hydrogen-bond acceptors (Lipinski definition) is 5. The monoisotopic (exact) mass is 459 g/mol. The van der Waals surface area contributed by atoms with E-state index in [-0.39, 0.29) is 22.7 Å². The highest BCUT2D eigenvalue weighted by molar-refractivity contribution is 8.00. The van der Waals surface area contributed by atoms with Crippen LogP contribution in [-0.4, -0.2) is 26.2 Å². The molecule has 1 atom stereocenters. The summed E-state index contributed by atoms with van der Waals surface area (Å²) in [5.74, 6) is -0.652. The third kappa shape index (κ3) is 4.41. The number of benzene rings is 1. The van der Waals surface area contributed by atoms with Crippen molar-refractivity contribution in [3.05, 3.63) is 50.9 Å². The predicted molar refractivity (Wildman–Crippen MR) is 125 cm³/mol. The van der Waals surface area contributed by atoms with Gasteiger partial charge >= 0.3 is 0 Å². The number of aromatic nitrogens is 2. The Labute approximate surface area is 189 Å². The number of thiophene rings is 1. The number of carbonyl (C=O) groups excluding carboxylic acids is 1. The van der Waals surface area contributed by atoms with E-state index < -0.39 is 11.1 Å². The lowest BCUT2D eigenvalue weighted by molar-refractivity contribution is -0.121. The number of thioether (sulfide) groups is 1. The molecule has 1 N–H and O–H groups in total. The molecule has 0 bridgehead atoms. The summed E-state index contributed by atoms with van der Waals surface area (Å²) in [4.78, 5) is 33.0. The summed E-state index contributed by atoms with van der Waals surface area (Å²) in [7, 11) is 0. The third-order valence-corrected chi connectivity index (χ3v) is 7.44. The number of aryl methyl sites for hydroxylation is 2. The largest absolute Gasteiger partial charge is 0.351 e. The molecule has 0 spiro atoms. The fourth-order valence-electron chi connectivity index (χ4n) is 3.79. The molecule has 1 aromatic carbocycles. The number of nitrogens with one attached hydrogen (secondary N) is 1. The van der Waals surface area contributed by atoms with Crippen LogP contribution in [0.4, 0.5) is 4.39 Å². The van der Waals surface area contributed by atoms with Gasteiger partial charge in [-0.15, -0.1) is 11.3 Å². The number of halogens is 1. The molecule has 0 saturated carbocycles. The first-order chi connectivity index (χ1) is 14.7. The molecule has 1 unspecified atom stereocenters. The summed E-state index contributed by atoms with van der Waals surface area (Å²) in [5, 5.41) is 3.38. The van der Waals surface area contributed by atoms with Gasteiger partial charge in [0.15, 0.2) is 5.16 Å². The zero-order valence-electron chi connectivity index (χ0n) is 18.1. The van der Waals surface area contributed by atoms with Gasteiger partial charge in [-0.2, -0.15) is 0 Å². The fourth-order valence-corrected chi connectivity index (χ4v) is 6.02. The van der Waals surface area contributed by atoms with Crippen LogP contribution in [0, 0.1) is 5.82 Å². The van der Waals surface area contributed by atoms with E-state index in [2.05, 4.69) is 5.32 Å². The van der Waals surface area contributed by atoms with Gasteiger partial charge in [-0.1, -0.05) is 23.9 Å². The van der Waals surface area contributed by atoms with E-state index in [1.165, 1.54) is 27.3 Å². The number of hydrogen-bond donors (Lipinski definition) is 1. The second kappa shape index (κ2) is 8.39. The van der Waals surface area contributed by atoms with Crippen molar-refractivity contribution in [2.45, 2.75) is 69.3 Å². The van der Waals surface area contributed by atoms with Crippen molar-refractivity contribution in [2.24, 2.45) is 0 Å². The minimum absolute atomic E-state index is 0.155. The summed E-state index contributed by atoms with van der Waals surface area (Å²) in [6.45, 7) is 7.52. The Bertz CT molecular complexity index is 1210. The normalized spacial score (nSPS) is 15.0. The number of amides is 1. The Morgan fingerprint density at radius 2 is 1.97 bits per heavy atom. The smallest absolute Gasteiger partial charge is 0.267 e. The third-order valence-electron chi connectivity index (χ3n) is 5.20.